The van der Waals surface area contributed by atoms with Crippen molar-refractivity contribution in [3.63, 3.8) is 0 Å². The van der Waals surface area contributed by atoms with E-state index in [1.807, 2.05) is 24.3 Å². The van der Waals surface area contributed by atoms with Crippen LogP contribution in [0.15, 0.2) is 42.5 Å². The summed E-state index contributed by atoms with van der Waals surface area (Å²) in [7, 11) is -2.08. The number of nitrogens with zero attached hydrogens (tertiary/aromatic N) is 1. The van der Waals surface area contributed by atoms with E-state index >= 15 is 0 Å². The van der Waals surface area contributed by atoms with Gasteiger partial charge in [-0.15, -0.1) is 0 Å². The molecular formula is C19H19ClN2O5S. The van der Waals surface area contributed by atoms with E-state index in [9.17, 15) is 18.0 Å². The average molecular weight is 423 g/mol. The minimum Gasteiger partial charge on any atom is -0.497 e. The van der Waals surface area contributed by atoms with Crippen molar-refractivity contribution in [2.45, 2.75) is 12.8 Å². The molecule has 0 aromatic heterocycles. The Kier molecular flexibility index (Phi) is 5.90. The summed E-state index contributed by atoms with van der Waals surface area (Å²) in [6, 6.07) is 11.7. The molecule has 0 aliphatic carbocycles. The van der Waals surface area contributed by atoms with Crippen molar-refractivity contribution in [2.75, 3.05) is 23.7 Å². The third-order valence-corrected chi connectivity index (χ3v) is 6.35. The standard InChI is InChI=1S/C19H19ClN2O5S/c1-27-15-4-2-3-13(11-15)7-9-21-19(24)16-6-5-14(12-17(16)20)22-18(23)8-10-28(22,25)26/h2-6,11-12H,7-10H2,1H3,(H,21,24). The summed E-state index contributed by atoms with van der Waals surface area (Å²) < 4.78 is 29.9. The van der Waals surface area contributed by atoms with Gasteiger partial charge in [0.25, 0.3) is 5.91 Å². The van der Waals surface area contributed by atoms with Crippen LogP contribution in [-0.4, -0.2) is 39.6 Å². The Bertz CT molecular complexity index is 1020. The number of hydrogen-bond acceptors (Lipinski definition) is 5. The van der Waals surface area contributed by atoms with Gasteiger partial charge >= 0.3 is 0 Å². The lowest BCUT2D eigenvalue weighted by Crippen LogP contribution is -2.29. The molecule has 0 unspecified atom stereocenters. The van der Waals surface area contributed by atoms with Crippen molar-refractivity contribution in [3.05, 3.63) is 58.6 Å². The largest absolute Gasteiger partial charge is 0.497 e. The van der Waals surface area contributed by atoms with Crippen LogP contribution in [0, 0.1) is 0 Å². The van der Waals surface area contributed by atoms with Gasteiger partial charge in [-0.25, -0.2) is 12.7 Å². The molecule has 1 fully saturated rings. The quantitative estimate of drug-likeness (QED) is 0.771. The van der Waals surface area contributed by atoms with E-state index in [0.717, 1.165) is 15.6 Å². The molecule has 0 saturated carbocycles. The van der Waals surface area contributed by atoms with Crippen molar-refractivity contribution in [1.29, 1.82) is 0 Å². The number of amides is 2. The molecule has 1 aliphatic heterocycles. The Morgan fingerprint density at radius 1 is 1.25 bits per heavy atom. The van der Waals surface area contributed by atoms with Crippen molar-refractivity contribution < 1.29 is 22.7 Å². The summed E-state index contributed by atoms with van der Waals surface area (Å²) in [5.74, 6) is -0.369. The number of hydrogen-bond donors (Lipinski definition) is 1. The van der Waals surface area contributed by atoms with Crippen molar-refractivity contribution in [3.8, 4) is 5.75 Å². The van der Waals surface area contributed by atoms with Crippen molar-refractivity contribution in [2.24, 2.45) is 0 Å². The Labute approximate surface area is 168 Å². The van der Waals surface area contributed by atoms with Crippen molar-refractivity contribution in [1.82, 2.24) is 5.32 Å². The fourth-order valence-electron chi connectivity index (χ4n) is 2.93. The van der Waals surface area contributed by atoms with Gasteiger partial charge in [-0.2, -0.15) is 0 Å². The molecule has 148 valence electrons. The summed E-state index contributed by atoms with van der Waals surface area (Å²) in [6.45, 7) is 0.392. The lowest BCUT2D eigenvalue weighted by atomic mass is 10.1. The number of benzene rings is 2. The molecule has 3 rings (SSSR count). The molecule has 9 heteroatoms. The zero-order valence-corrected chi connectivity index (χ0v) is 16.7. The normalized spacial score (nSPS) is 15.5. The molecule has 1 aliphatic rings. The summed E-state index contributed by atoms with van der Waals surface area (Å²) in [5.41, 5.74) is 1.36. The van der Waals surface area contributed by atoms with Gasteiger partial charge in [0.2, 0.25) is 15.9 Å². The Hall–Kier alpha value is -2.58. The Morgan fingerprint density at radius 2 is 2.04 bits per heavy atom. The van der Waals surface area contributed by atoms with Crippen LogP contribution in [0.5, 0.6) is 5.75 Å². The number of ether oxygens (including phenoxy) is 1. The predicted molar refractivity (Wildman–Crippen MR) is 106 cm³/mol. The second-order valence-electron chi connectivity index (χ2n) is 6.25. The van der Waals surface area contributed by atoms with Gasteiger partial charge in [0.05, 0.1) is 29.1 Å². The first-order valence-electron chi connectivity index (χ1n) is 8.58. The predicted octanol–water partition coefficient (Wildman–Crippen LogP) is 2.39. The van der Waals surface area contributed by atoms with Gasteiger partial charge in [0, 0.05) is 13.0 Å². The number of nitrogens with one attached hydrogen (secondary N) is 1. The molecule has 2 amide bonds. The topological polar surface area (TPSA) is 92.8 Å². The maximum Gasteiger partial charge on any atom is 0.252 e. The van der Waals surface area contributed by atoms with E-state index < -0.39 is 15.9 Å². The first-order chi connectivity index (χ1) is 13.3. The van der Waals surface area contributed by atoms with Crippen LogP contribution in [0.25, 0.3) is 0 Å². The number of carbonyl (C=O) groups is 2. The summed E-state index contributed by atoms with van der Waals surface area (Å²) in [5, 5.41) is 2.85. The molecule has 1 N–H and O–H groups in total. The highest BCUT2D eigenvalue weighted by molar-refractivity contribution is 7.94. The smallest absolute Gasteiger partial charge is 0.252 e. The van der Waals surface area contributed by atoms with Crippen LogP contribution in [0.3, 0.4) is 0 Å². The molecule has 0 radical (unpaired) electrons. The van der Waals surface area contributed by atoms with Gasteiger partial charge in [-0.1, -0.05) is 23.7 Å². The molecule has 28 heavy (non-hydrogen) atoms. The second kappa shape index (κ2) is 8.20. The second-order valence-corrected chi connectivity index (χ2v) is 8.59. The van der Waals surface area contributed by atoms with Crippen molar-refractivity contribution >= 4 is 39.1 Å². The minimum absolute atomic E-state index is 0.0630. The molecular weight excluding hydrogens is 404 g/mol. The number of carbonyl (C=O) groups excluding carboxylic acids is 2. The highest BCUT2D eigenvalue weighted by Gasteiger charge is 2.36. The van der Waals surface area contributed by atoms with E-state index in [-0.39, 0.29) is 34.4 Å². The third kappa shape index (κ3) is 4.28. The van der Waals surface area contributed by atoms with Crippen LogP contribution in [0.2, 0.25) is 5.02 Å². The molecule has 2 aromatic rings. The van der Waals surface area contributed by atoms with Gasteiger partial charge < -0.3 is 10.1 Å². The highest BCUT2D eigenvalue weighted by atomic mass is 35.5. The van der Waals surface area contributed by atoms with Gasteiger partial charge in [0.1, 0.15) is 5.75 Å². The molecule has 1 saturated heterocycles. The minimum atomic E-state index is -3.68. The van der Waals surface area contributed by atoms with Gasteiger partial charge in [-0.05, 0) is 42.3 Å². The monoisotopic (exact) mass is 422 g/mol. The number of rotatable bonds is 6. The fourth-order valence-corrected chi connectivity index (χ4v) is 4.64. The first-order valence-corrected chi connectivity index (χ1v) is 10.6. The van der Waals surface area contributed by atoms with Crippen LogP contribution >= 0.6 is 11.6 Å². The maximum atomic E-state index is 12.4. The zero-order valence-electron chi connectivity index (χ0n) is 15.1. The molecule has 2 aromatic carbocycles. The highest BCUT2D eigenvalue weighted by Crippen LogP contribution is 2.29. The van der Waals surface area contributed by atoms with E-state index in [1.165, 1.54) is 18.2 Å². The SMILES string of the molecule is COc1cccc(CCNC(=O)c2ccc(N3C(=O)CCS3(=O)=O)cc2Cl)c1. The number of halogens is 1. The Morgan fingerprint density at radius 3 is 2.68 bits per heavy atom. The fraction of sp³-hybridized carbons (Fsp3) is 0.263. The van der Waals surface area contributed by atoms with E-state index in [4.69, 9.17) is 16.3 Å². The number of sulfonamides is 1. The molecule has 0 spiro atoms. The van der Waals surface area contributed by atoms with Crippen LogP contribution in [-0.2, 0) is 21.2 Å². The van der Waals surface area contributed by atoms with E-state index in [1.54, 1.807) is 7.11 Å². The molecule has 7 nitrogen and oxygen atoms in total. The van der Waals surface area contributed by atoms with Gasteiger partial charge in [-0.3, -0.25) is 9.59 Å². The van der Waals surface area contributed by atoms with Crippen LogP contribution in [0.1, 0.15) is 22.3 Å². The van der Waals surface area contributed by atoms with Crippen LogP contribution in [0.4, 0.5) is 5.69 Å². The lowest BCUT2D eigenvalue weighted by Gasteiger charge is -2.16. The summed E-state index contributed by atoms with van der Waals surface area (Å²) >= 11 is 6.17. The third-order valence-electron chi connectivity index (χ3n) is 4.34. The molecule has 0 bridgehead atoms. The maximum absolute atomic E-state index is 12.4. The van der Waals surface area contributed by atoms with Gasteiger partial charge in [0.15, 0.2) is 0 Å². The van der Waals surface area contributed by atoms with E-state index in [2.05, 4.69) is 5.32 Å². The summed E-state index contributed by atoms with van der Waals surface area (Å²) in [6.07, 6.45) is 0.547. The molecule has 1 heterocycles. The number of methoxy groups -OCH3 is 1. The number of anilines is 1. The Balaban J connectivity index is 1.66. The average Bonchev–Trinajstić information content (AvgIpc) is 2.94. The van der Waals surface area contributed by atoms with E-state index in [0.29, 0.717) is 13.0 Å². The summed E-state index contributed by atoms with van der Waals surface area (Å²) in [4.78, 5) is 24.2. The first kappa shape index (κ1) is 20.2. The van der Waals surface area contributed by atoms with Crippen LogP contribution < -0.4 is 14.4 Å². The molecule has 0 atom stereocenters. The lowest BCUT2D eigenvalue weighted by molar-refractivity contribution is -0.116. The zero-order chi connectivity index (χ0) is 20.3.